The topological polar surface area (TPSA) is 13.1 Å². The van der Waals surface area contributed by atoms with Crippen molar-refractivity contribution in [2.75, 3.05) is 0 Å². The van der Waals surface area contributed by atoms with Gasteiger partial charge in [-0.2, -0.15) is 0 Å². The fraction of sp³-hybridized carbons (Fsp3) is 0. The summed E-state index contributed by atoms with van der Waals surface area (Å²) >= 11 is 2.33. The Morgan fingerprint density at radius 3 is 2.20 bits per heavy atom. The predicted octanol–water partition coefficient (Wildman–Crippen LogP) is 5.86. The van der Waals surface area contributed by atoms with Crippen molar-refractivity contribution in [3.05, 3.63) is 70.3 Å². The number of benzene rings is 3. The Kier molecular flexibility index (Phi) is 2.77. The van der Waals surface area contributed by atoms with Gasteiger partial charge in [0.05, 0.1) is 0 Å². The van der Waals surface area contributed by atoms with Crippen LogP contribution in [-0.2, 0) is 0 Å². The highest BCUT2D eigenvalue weighted by atomic mass is 127. The number of furan rings is 1. The quantitative estimate of drug-likeness (QED) is 0.383. The standard InChI is InChI=1S/C18H11IO/c19-14-8-5-12(6-9-14)13-7-10-18-16(11-13)15-3-1-2-4-17(15)20-18/h1-11H. The first-order chi connectivity index (χ1) is 9.81. The van der Waals surface area contributed by atoms with E-state index in [0.29, 0.717) is 0 Å². The highest BCUT2D eigenvalue weighted by molar-refractivity contribution is 14.1. The Bertz CT molecular complexity index is 904. The van der Waals surface area contributed by atoms with E-state index in [9.17, 15) is 0 Å². The summed E-state index contributed by atoms with van der Waals surface area (Å²) in [5.74, 6) is 0. The van der Waals surface area contributed by atoms with E-state index in [1.54, 1.807) is 0 Å². The lowest BCUT2D eigenvalue weighted by atomic mass is 10.0. The first-order valence-electron chi connectivity index (χ1n) is 6.48. The molecule has 1 heterocycles. The first kappa shape index (κ1) is 12.0. The number of para-hydroxylation sites is 1. The molecule has 3 aromatic carbocycles. The van der Waals surface area contributed by atoms with Crippen LogP contribution < -0.4 is 0 Å². The molecule has 96 valence electrons. The predicted molar refractivity (Wildman–Crippen MR) is 91.9 cm³/mol. The molecule has 4 rings (SSSR count). The lowest BCUT2D eigenvalue weighted by molar-refractivity contribution is 0.669. The molecule has 0 amide bonds. The van der Waals surface area contributed by atoms with Crippen LogP contribution in [0.2, 0.25) is 0 Å². The fourth-order valence-corrected chi connectivity index (χ4v) is 2.91. The zero-order valence-corrected chi connectivity index (χ0v) is 12.8. The summed E-state index contributed by atoms with van der Waals surface area (Å²) in [7, 11) is 0. The van der Waals surface area contributed by atoms with Crippen molar-refractivity contribution in [2.45, 2.75) is 0 Å². The normalized spacial score (nSPS) is 11.2. The maximum Gasteiger partial charge on any atom is 0.135 e. The maximum absolute atomic E-state index is 5.86. The minimum Gasteiger partial charge on any atom is -0.456 e. The van der Waals surface area contributed by atoms with E-state index in [4.69, 9.17) is 4.42 Å². The van der Waals surface area contributed by atoms with Crippen molar-refractivity contribution in [1.82, 2.24) is 0 Å². The smallest absolute Gasteiger partial charge is 0.135 e. The summed E-state index contributed by atoms with van der Waals surface area (Å²) < 4.78 is 7.11. The Labute approximate surface area is 130 Å². The molecular formula is C18H11IO. The molecule has 0 bridgehead atoms. The third kappa shape index (κ3) is 1.91. The molecule has 0 aliphatic rings. The summed E-state index contributed by atoms with van der Waals surface area (Å²) in [5.41, 5.74) is 4.35. The van der Waals surface area contributed by atoms with E-state index >= 15 is 0 Å². The summed E-state index contributed by atoms with van der Waals surface area (Å²) in [5, 5.41) is 2.35. The molecule has 0 N–H and O–H groups in total. The van der Waals surface area contributed by atoms with Crippen molar-refractivity contribution in [3.63, 3.8) is 0 Å². The highest BCUT2D eigenvalue weighted by Crippen LogP contribution is 2.32. The maximum atomic E-state index is 5.86. The second kappa shape index (κ2) is 4.63. The van der Waals surface area contributed by atoms with Crippen molar-refractivity contribution in [1.29, 1.82) is 0 Å². The van der Waals surface area contributed by atoms with Crippen molar-refractivity contribution in [3.8, 4) is 11.1 Å². The van der Waals surface area contributed by atoms with E-state index in [2.05, 4.69) is 77.2 Å². The molecule has 0 unspecified atom stereocenters. The van der Waals surface area contributed by atoms with Gasteiger partial charge in [0.15, 0.2) is 0 Å². The monoisotopic (exact) mass is 370 g/mol. The lowest BCUT2D eigenvalue weighted by Crippen LogP contribution is -1.78. The van der Waals surface area contributed by atoms with Gasteiger partial charge >= 0.3 is 0 Å². The van der Waals surface area contributed by atoms with Gasteiger partial charge in [-0.05, 0) is 64.0 Å². The van der Waals surface area contributed by atoms with Crippen LogP contribution in [-0.4, -0.2) is 0 Å². The highest BCUT2D eigenvalue weighted by Gasteiger charge is 2.07. The number of hydrogen-bond donors (Lipinski definition) is 0. The van der Waals surface area contributed by atoms with Crippen molar-refractivity contribution >= 4 is 44.5 Å². The van der Waals surface area contributed by atoms with E-state index in [-0.39, 0.29) is 0 Å². The molecule has 0 saturated carbocycles. The molecule has 20 heavy (non-hydrogen) atoms. The molecule has 0 aliphatic carbocycles. The zero-order chi connectivity index (χ0) is 13.5. The van der Waals surface area contributed by atoms with Gasteiger partial charge in [0.1, 0.15) is 11.2 Å². The van der Waals surface area contributed by atoms with Crippen LogP contribution >= 0.6 is 22.6 Å². The van der Waals surface area contributed by atoms with Gasteiger partial charge in [-0.1, -0.05) is 36.4 Å². The van der Waals surface area contributed by atoms with E-state index in [1.807, 2.05) is 12.1 Å². The molecule has 0 saturated heterocycles. The van der Waals surface area contributed by atoms with Crippen LogP contribution in [0.15, 0.2) is 71.1 Å². The van der Waals surface area contributed by atoms with Crippen LogP contribution in [0.25, 0.3) is 33.1 Å². The molecule has 0 radical (unpaired) electrons. The Morgan fingerprint density at radius 2 is 1.35 bits per heavy atom. The van der Waals surface area contributed by atoms with Crippen LogP contribution in [0.1, 0.15) is 0 Å². The molecule has 0 aliphatic heterocycles. The third-order valence-electron chi connectivity index (χ3n) is 3.55. The average molecular weight is 370 g/mol. The third-order valence-corrected chi connectivity index (χ3v) is 4.27. The van der Waals surface area contributed by atoms with Gasteiger partial charge in [0.25, 0.3) is 0 Å². The van der Waals surface area contributed by atoms with E-state index < -0.39 is 0 Å². The number of fused-ring (bicyclic) bond motifs is 3. The van der Waals surface area contributed by atoms with Crippen LogP contribution in [0.5, 0.6) is 0 Å². The minimum atomic E-state index is 0.945. The van der Waals surface area contributed by atoms with Gasteiger partial charge in [-0.25, -0.2) is 0 Å². The van der Waals surface area contributed by atoms with Crippen molar-refractivity contribution in [2.24, 2.45) is 0 Å². The Morgan fingerprint density at radius 1 is 0.650 bits per heavy atom. The first-order valence-corrected chi connectivity index (χ1v) is 7.56. The van der Waals surface area contributed by atoms with E-state index in [1.165, 1.54) is 25.5 Å². The Hall–Kier alpha value is -1.81. The molecule has 0 spiro atoms. The number of hydrogen-bond acceptors (Lipinski definition) is 1. The molecule has 0 atom stereocenters. The molecule has 4 aromatic rings. The zero-order valence-electron chi connectivity index (χ0n) is 10.6. The largest absolute Gasteiger partial charge is 0.456 e. The van der Waals surface area contributed by atoms with Gasteiger partial charge < -0.3 is 4.42 Å². The Balaban J connectivity index is 1.97. The summed E-state index contributed by atoms with van der Waals surface area (Å²) in [6, 6.07) is 23.1. The lowest BCUT2D eigenvalue weighted by Gasteiger charge is -2.02. The molecule has 0 fully saturated rings. The van der Waals surface area contributed by atoms with Crippen molar-refractivity contribution < 1.29 is 4.42 Å². The molecule has 2 heteroatoms. The van der Waals surface area contributed by atoms with Crippen LogP contribution in [0, 0.1) is 3.57 Å². The molecular weight excluding hydrogens is 359 g/mol. The number of rotatable bonds is 1. The number of halogens is 1. The minimum absolute atomic E-state index is 0.945. The van der Waals surface area contributed by atoms with Gasteiger partial charge in [0.2, 0.25) is 0 Å². The summed E-state index contributed by atoms with van der Waals surface area (Å²) in [6.07, 6.45) is 0. The van der Waals surface area contributed by atoms with Gasteiger partial charge in [0, 0.05) is 14.3 Å². The molecule has 1 nitrogen and oxygen atoms in total. The summed E-state index contributed by atoms with van der Waals surface area (Å²) in [4.78, 5) is 0. The average Bonchev–Trinajstić information content (AvgIpc) is 2.86. The summed E-state index contributed by atoms with van der Waals surface area (Å²) in [6.45, 7) is 0. The second-order valence-corrected chi connectivity index (χ2v) is 6.06. The molecule has 1 aromatic heterocycles. The van der Waals surface area contributed by atoms with Crippen LogP contribution in [0.3, 0.4) is 0 Å². The van der Waals surface area contributed by atoms with E-state index in [0.717, 1.165) is 11.2 Å². The van der Waals surface area contributed by atoms with Gasteiger partial charge in [-0.15, -0.1) is 0 Å². The fourth-order valence-electron chi connectivity index (χ4n) is 2.55. The van der Waals surface area contributed by atoms with Crippen LogP contribution in [0.4, 0.5) is 0 Å². The second-order valence-electron chi connectivity index (χ2n) is 4.82. The SMILES string of the molecule is Ic1ccc(-c2ccc3oc4ccccc4c3c2)cc1. The van der Waals surface area contributed by atoms with Gasteiger partial charge in [-0.3, -0.25) is 0 Å².